The molecule has 0 N–H and O–H groups in total. The van der Waals surface area contributed by atoms with E-state index in [1.165, 1.54) is 49.4 Å². The van der Waals surface area contributed by atoms with Gasteiger partial charge < -0.3 is 8.83 Å². The molecule has 2 nitrogen and oxygen atoms in total. The van der Waals surface area contributed by atoms with Crippen LogP contribution in [0.1, 0.15) is 27.8 Å². The van der Waals surface area contributed by atoms with Gasteiger partial charge in [-0.3, -0.25) is 0 Å². The fraction of sp³-hybridized carbons (Fsp3) is 0.143. The third kappa shape index (κ3) is 2.43. The van der Waals surface area contributed by atoms with E-state index in [4.69, 9.17) is 8.83 Å². The van der Waals surface area contributed by atoms with Crippen LogP contribution in [0.2, 0.25) is 0 Å². The zero-order valence-electron chi connectivity index (χ0n) is 17.4. The van der Waals surface area contributed by atoms with Crippen molar-refractivity contribution < 1.29 is 8.83 Å². The molecule has 0 atom stereocenters. The minimum Gasteiger partial charge on any atom is -0.456 e. The second-order valence-electron chi connectivity index (χ2n) is 8.37. The average molecular weight is 390 g/mol. The first kappa shape index (κ1) is 17.3. The molecule has 0 saturated carbocycles. The van der Waals surface area contributed by atoms with Crippen LogP contribution in [-0.2, 0) is 6.42 Å². The van der Waals surface area contributed by atoms with E-state index >= 15 is 0 Å². The van der Waals surface area contributed by atoms with Crippen molar-refractivity contribution >= 4 is 43.9 Å². The Morgan fingerprint density at radius 2 is 1.30 bits per heavy atom. The Morgan fingerprint density at radius 1 is 0.600 bits per heavy atom. The third-order valence-electron chi connectivity index (χ3n) is 6.21. The molecule has 0 amide bonds. The summed E-state index contributed by atoms with van der Waals surface area (Å²) in [6.45, 7) is 6.42. The molecule has 2 heterocycles. The van der Waals surface area contributed by atoms with E-state index in [0.717, 1.165) is 28.8 Å². The summed E-state index contributed by atoms with van der Waals surface area (Å²) in [7, 11) is 0. The SMILES string of the molecule is Cc1cc(Cc2cccc3oc4c(C)cccc4c23)c2oc3cccc(C)c3c2c1. The smallest absolute Gasteiger partial charge is 0.138 e. The number of rotatable bonds is 2. The maximum atomic E-state index is 6.37. The summed E-state index contributed by atoms with van der Waals surface area (Å²) in [5.74, 6) is 0. The quantitative estimate of drug-likeness (QED) is 0.299. The number of para-hydroxylation sites is 1. The van der Waals surface area contributed by atoms with E-state index in [1.54, 1.807) is 0 Å². The van der Waals surface area contributed by atoms with E-state index in [2.05, 4.69) is 87.5 Å². The first-order valence-electron chi connectivity index (χ1n) is 10.4. The van der Waals surface area contributed by atoms with Gasteiger partial charge in [-0.1, -0.05) is 48.5 Å². The van der Waals surface area contributed by atoms with Gasteiger partial charge >= 0.3 is 0 Å². The van der Waals surface area contributed by atoms with Crippen molar-refractivity contribution in [1.82, 2.24) is 0 Å². The molecule has 146 valence electrons. The van der Waals surface area contributed by atoms with Crippen molar-refractivity contribution in [1.29, 1.82) is 0 Å². The average Bonchev–Trinajstić information content (AvgIpc) is 3.29. The third-order valence-corrected chi connectivity index (χ3v) is 6.21. The number of aryl methyl sites for hydroxylation is 3. The van der Waals surface area contributed by atoms with Crippen LogP contribution >= 0.6 is 0 Å². The lowest BCUT2D eigenvalue weighted by molar-refractivity contribution is 0.663. The maximum absolute atomic E-state index is 6.37. The molecule has 2 heteroatoms. The summed E-state index contributed by atoms with van der Waals surface area (Å²) in [6, 6.07) is 23.5. The Morgan fingerprint density at radius 3 is 2.17 bits per heavy atom. The van der Waals surface area contributed by atoms with Gasteiger partial charge in [0.15, 0.2) is 0 Å². The van der Waals surface area contributed by atoms with E-state index in [9.17, 15) is 0 Å². The van der Waals surface area contributed by atoms with E-state index in [1.807, 2.05) is 0 Å². The minimum absolute atomic E-state index is 0.803. The molecule has 6 rings (SSSR count). The van der Waals surface area contributed by atoms with Crippen LogP contribution in [-0.4, -0.2) is 0 Å². The van der Waals surface area contributed by atoms with Gasteiger partial charge in [0.1, 0.15) is 22.3 Å². The van der Waals surface area contributed by atoms with Crippen LogP contribution in [0.5, 0.6) is 0 Å². The highest BCUT2D eigenvalue weighted by Crippen LogP contribution is 2.37. The number of hydrogen-bond donors (Lipinski definition) is 0. The van der Waals surface area contributed by atoms with Crippen LogP contribution < -0.4 is 0 Å². The van der Waals surface area contributed by atoms with Gasteiger partial charge in [0.25, 0.3) is 0 Å². The van der Waals surface area contributed by atoms with Gasteiger partial charge in [0.05, 0.1) is 0 Å². The predicted octanol–water partition coefficient (Wildman–Crippen LogP) is 8.00. The number of benzene rings is 4. The van der Waals surface area contributed by atoms with Gasteiger partial charge in [-0.05, 0) is 61.2 Å². The van der Waals surface area contributed by atoms with Crippen molar-refractivity contribution in [2.45, 2.75) is 27.2 Å². The van der Waals surface area contributed by atoms with E-state index < -0.39 is 0 Å². The first-order valence-corrected chi connectivity index (χ1v) is 10.4. The van der Waals surface area contributed by atoms with Crippen LogP contribution in [0.3, 0.4) is 0 Å². The topological polar surface area (TPSA) is 26.3 Å². The highest BCUT2D eigenvalue weighted by molar-refractivity contribution is 6.09. The summed E-state index contributed by atoms with van der Waals surface area (Å²) in [5, 5.41) is 4.82. The Balaban J connectivity index is 1.62. The molecule has 6 aromatic rings. The molecule has 0 aliphatic carbocycles. The molecular weight excluding hydrogens is 368 g/mol. The molecule has 0 fully saturated rings. The Kier molecular flexibility index (Phi) is 3.61. The summed E-state index contributed by atoms with van der Waals surface area (Å²) in [5.41, 5.74) is 10.0. The van der Waals surface area contributed by atoms with Crippen LogP contribution in [0, 0.1) is 20.8 Å². The number of furan rings is 2. The molecule has 0 aliphatic rings. The Labute approximate surface area is 174 Å². The molecular formula is C28H22O2. The lowest BCUT2D eigenvalue weighted by Gasteiger charge is -2.07. The first-order chi connectivity index (χ1) is 14.6. The lowest BCUT2D eigenvalue weighted by Crippen LogP contribution is -1.91. The van der Waals surface area contributed by atoms with Crippen molar-refractivity contribution in [3.63, 3.8) is 0 Å². The Bertz CT molecular complexity index is 1590. The lowest BCUT2D eigenvalue weighted by atomic mass is 9.96. The van der Waals surface area contributed by atoms with Crippen molar-refractivity contribution in [2.75, 3.05) is 0 Å². The number of fused-ring (bicyclic) bond motifs is 6. The standard InChI is InChI=1S/C28H22O2/c1-16-13-20(28-22(14-16)25-17(2)7-5-11-23(25)30-28)15-19-9-6-12-24-26(19)21-10-4-8-18(3)27(21)29-24/h4-14H,15H2,1-3H3. The summed E-state index contributed by atoms with van der Waals surface area (Å²) in [4.78, 5) is 0. The van der Waals surface area contributed by atoms with Crippen molar-refractivity contribution in [3.8, 4) is 0 Å². The fourth-order valence-corrected chi connectivity index (χ4v) is 4.88. The van der Waals surface area contributed by atoms with Gasteiger partial charge in [-0.2, -0.15) is 0 Å². The van der Waals surface area contributed by atoms with Gasteiger partial charge in [0.2, 0.25) is 0 Å². The van der Waals surface area contributed by atoms with Crippen LogP contribution in [0.25, 0.3) is 43.9 Å². The summed E-state index contributed by atoms with van der Waals surface area (Å²) in [6.07, 6.45) is 0.803. The molecule has 0 aliphatic heterocycles. The van der Waals surface area contributed by atoms with Gasteiger partial charge in [-0.25, -0.2) is 0 Å². The van der Waals surface area contributed by atoms with Crippen LogP contribution in [0.4, 0.5) is 0 Å². The molecule has 0 spiro atoms. The Hall–Kier alpha value is -3.52. The molecule has 0 bridgehead atoms. The molecule has 30 heavy (non-hydrogen) atoms. The molecule has 0 unspecified atom stereocenters. The largest absolute Gasteiger partial charge is 0.456 e. The predicted molar refractivity (Wildman–Crippen MR) is 124 cm³/mol. The van der Waals surface area contributed by atoms with Gasteiger partial charge in [-0.15, -0.1) is 0 Å². The van der Waals surface area contributed by atoms with E-state index in [-0.39, 0.29) is 0 Å². The normalized spacial score (nSPS) is 12.0. The minimum atomic E-state index is 0.803. The van der Waals surface area contributed by atoms with Crippen molar-refractivity contribution in [3.05, 3.63) is 94.5 Å². The number of hydrogen-bond acceptors (Lipinski definition) is 2. The van der Waals surface area contributed by atoms with Crippen LogP contribution in [0.15, 0.2) is 75.6 Å². The summed E-state index contributed by atoms with van der Waals surface area (Å²) >= 11 is 0. The fourth-order valence-electron chi connectivity index (χ4n) is 4.88. The zero-order chi connectivity index (χ0) is 20.4. The maximum Gasteiger partial charge on any atom is 0.138 e. The highest BCUT2D eigenvalue weighted by Gasteiger charge is 2.17. The highest BCUT2D eigenvalue weighted by atomic mass is 16.3. The summed E-state index contributed by atoms with van der Waals surface area (Å²) < 4.78 is 12.6. The molecule has 2 aromatic heterocycles. The molecule has 0 radical (unpaired) electrons. The second kappa shape index (κ2) is 6.24. The van der Waals surface area contributed by atoms with E-state index in [0.29, 0.717) is 0 Å². The second-order valence-corrected chi connectivity index (χ2v) is 8.37. The van der Waals surface area contributed by atoms with Gasteiger partial charge in [0, 0.05) is 33.5 Å². The molecule has 0 saturated heterocycles. The molecule has 4 aromatic carbocycles. The van der Waals surface area contributed by atoms with Crippen molar-refractivity contribution in [2.24, 2.45) is 0 Å². The monoisotopic (exact) mass is 390 g/mol. The zero-order valence-corrected chi connectivity index (χ0v) is 17.4.